The van der Waals surface area contributed by atoms with E-state index in [2.05, 4.69) is 5.32 Å². The topological polar surface area (TPSA) is 58.6 Å². The summed E-state index contributed by atoms with van der Waals surface area (Å²) in [6.45, 7) is 1.88. The van der Waals surface area contributed by atoms with Crippen LogP contribution in [-0.4, -0.2) is 25.5 Å². The van der Waals surface area contributed by atoms with Crippen LogP contribution in [0.4, 0.5) is 11.4 Å². The molecule has 0 aliphatic carbocycles. The van der Waals surface area contributed by atoms with Crippen molar-refractivity contribution in [1.82, 2.24) is 0 Å². The van der Waals surface area contributed by atoms with Crippen LogP contribution in [0.5, 0.6) is 5.75 Å². The number of nitrogens with zero attached hydrogens (tertiary/aromatic N) is 1. The third-order valence-corrected chi connectivity index (χ3v) is 4.23. The van der Waals surface area contributed by atoms with Gasteiger partial charge < -0.3 is 15.0 Å². The lowest BCUT2D eigenvalue weighted by Crippen LogP contribution is -2.26. The molecule has 2 amide bonds. The van der Waals surface area contributed by atoms with Crippen molar-refractivity contribution in [3.05, 3.63) is 90.0 Å². The molecule has 0 bridgehead atoms. The van der Waals surface area contributed by atoms with Crippen molar-refractivity contribution in [2.45, 2.75) is 6.92 Å². The Balaban J connectivity index is 1.61. The quantitative estimate of drug-likeness (QED) is 0.700. The molecule has 0 atom stereocenters. The number of para-hydroxylation sites is 1. The number of nitrogens with one attached hydrogen (secondary N) is 1. The van der Waals surface area contributed by atoms with Crippen LogP contribution in [0.2, 0.25) is 0 Å². The number of rotatable bonds is 6. The molecule has 0 fully saturated rings. The molecule has 1 N–H and O–H groups in total. The number of amides is 2. The number of aryl methyl sites for hydroxylation is 1. The second-order valence-electron chi connectivity index (χ2n) is 6.43. The highest BCUT2D eigenvalue weighted by Crippen LogP contribution is 2.17. The fourth-order valence-corrected chi connectivity index (χ4v) is 2.67. The number of ether oxygens (including phenoxy) is 1. The van der Waals surface area contributed by atoms with Gasteiger partial charge in [-0.3, -0.25) is 9.59 Å². The first-order valence-corrected chi connectivity index (χ1v) is 8.95. The summed E-state index contributed by atoms with van der Waals surface area (Å²) >= 11 is 0. The van der Waals surface area contributed by atoms with Crippen LogP contribution in [0, 0.1) is 6.92 Å². The molecule has 142 valence electrons. The van der Waals surface area contributed by atoms with Crippen LogP contribution in [0.3, 0.4) is 0 Å². The first-order valence-electron chi connectivity index (χ1n) is 8.95. The number of carbonyl (C=O) groups is 2. The molecule has 3 aromatic carbocycles. The average molecular weight is 374 g/mol. The Labute approximate surface area is 164 Å². The van der Waals surface area contributed by atoms with Crippen LogP contribution < -0.4 is 15.0 Å². The Kier molecular flexibility index (Phi) is 6.07. The zero-order chi connectivity index (χ0) is 19.9. The van der Waals surface area contributed by atoms with Crippen molar-refractivity contribution < 1.29 is 14.3 Å². The molecule has 0 aliphatic heterocycles. The Hall–Kier alpha value is -3.60. The number of benzene rings is 3. The molecule has 0 aromatic heterocycles. The highest BCUT2D eigenvalue weighted by atomic mass is 16.5. The van der Waals surface area contributed by atoms with Crippen LogP contribution in [-0.2, 0) is 4.79 Å². The minimum absolute atomic E-state index is 0.106. The summed E-state index contributed by atoms with van der Waals surface area (Å²) in [5.74, 6) is 0.189. The van der Waals surface area contributed by atoms with Crippen molar-refractivity contribution in [1.29, 1.82) is 0 Å². The van der Waals surface area contributed by atoms with Gasteiger partial charge in [0.25, 0.3) is 11.8 Å². The van der Waals surface area contributed by atoms with E-state index in [4.69, 9.17) is 4.74 Å². The van der Waals surface area contributed by atoms with Gasteiger partial charge in [0.05, 0.1) is 0 Å². The molecular weight excluding hydrogens is 352 g/mol. The van der Waals surface area contributed by atoms with E-state index in [0.29, 0.717) is 17.0 Å². The molecule has 0 unspecified atom stereocenters. The van der Waals surface area contributed by atoms with Gasteiger partial charge >= 0.3 is 0 Å². The number of anilines is 2. The van der Waals surface area contributed by atoms with Gasteiger partial charge in [-0.2, -0.15) is 0 Å². The molecule has 5 heteroatoms. The summed E-state index contributed by atoms with van der Waals surface area (Å²) in [5.41, 5.74) is 2.96. The summed E-state index contributed by atoms with van der Waals surface area (Å²) in [6, 6.07) is 23.7. The van der Waals surface area contributed by atoms with E-state index in [1.807, 2.05) is 61.5 Å². The van der Waals surface area contributed by atoms with Crippen molar-refractivity contribution >= 4 is 23.2 Å². The lowest BCUT2D eigenvalue weighted by Gasteiger charge is -2.17. The van der Waals surface area contributed by atoms with Crippen LogP contribution in [0.25, 0.3) is 0 Å². The number of hydrogen-bond acceptors (Lipinski definition) is 3. The molecule has 5 nitrogen and oxygen atoms in total. The summed E-state index contributed by atoms with van der Waals surface area (Å²) in [5, 5.41) is 2.76. The fourth-order valence-electron chi connectivity index (χ4n) is 2.67. The Morgan fingerprint density at radius 3 is 2.36 bits per heavy atom. The zero-order valence-corrected chi connectivity index (χ0v) is 15.9. The van der Waals surface area contributed by atoms with Gasteiger partial charge in [-0.15, -0.1) is 0 Å². The number of hydrogen-bond donors (Lipinski definition) is 1. The maximum Gasteiger partial charge on any atom is 0.262 e. The molecular formula is C23H22N2O3. The van der Waals surface area contributed by atoms with Gasteiger partial charge in [-0.05, 0) is 49.4 Å². The fraction of sp³-hybridized carbons (Fsp3) is 0.130. The number of carbonyl (C=O) groups excluding carboxylic acids is 2. The van der Waals surface area contributed by atoms with E-state index in [0.717, 1.165) is 11.3 Å². The Morgan fingerprint density at radius 2 is 1.64 bits per heavy atom. The summed E-state index contributed by atoms with van der Waals surface area (Å²) in [4.78, 5) is 26.4. The molecule has 0 saturated carbocycles. The highest BCUT2D eigenvalue weighted by molar-refractivity contribution is 6.06. The molecule has 0 spiro atoms. The monoisotopic (exact) mass is 374 g/mol. The normalized spacial score (nSPS) is 10.2. The van der Waals surface area contributed by atoms with E-state index < -0.39 is 0 Å². The molecule has 0 aliphatic rings. The highest BCUT2D eigenvalue weighted by Gasteiger charge is 2.14. The van der Waals surface area contributed by atoms with Crippen molar-refractivity contribution in [3.8, 4) is 5.75 Å². The van der Waals surface area contributed by atoms with E-state index >= 15 is 0 Å². The summed E-state index contributed by atoms with van der Waals surface area (Å²) in [6.07, 6.45) is 0. The minimum atomic E-state index is -0.290. The standard InChI is InChI=1S/C23H22N2O3/c1-17-11-13-21(14-12-17)28-16-22(26)24-19-8-6-7-18(15-19)23(27)25(2)20-9-4-3-5-10-20/h3-15H,16H2,1-2H3,(H,24,26). The van der Waals surface area contributed by atoms with Crippen molar-refractivity contribution in [3.63, 3.8) is 0 Å². The van der Waals surface area contributed by atoms with Gasteiger partial charge in [0.1, 0.15) is 5.75 Å². The van der Waals surface area contributed by atoms with E-state index in [9.17, 15) is 9.59 Å². The third kappa shape index (κ3) is 4.98. The summed E-state index contributed by atoms with van der Waals surface area (Å²) < 4.78 is 5.48. The molecule has 3 rings (SSSR count). The van der Waals surface area contributed by atoms with Crippen LogP contribution in [0.1, 0.15) is 15.9 Å². The molecule has 3 aromatic rings. The maximum atomic E-state index is 12.7. The predicted octanol–water partition coefficient (Wildman–Crippen LogP) is 4.29. The van der Waals surface area contributed by atoms with Crippen molar-refractivity contribution in [2.24, 2.45) is 0 Å². The second kappa shape index (κ2) is 8.86. The Bertz CT molecular complexity index is 953. The lowest BCUT2D eigenvalue weighted by atomic mass is 10.1. The maximum absolute atomic E-state index is 12.7. The third-order valence-electron chi connectivity index (χ3n) is 4.23. The molecule has 0 saturated heterocycles. The second-order valence-corrected chi connectivity index (χ2v) is 6.43. The van der Waals surface area contributed by atoms with Gasteiger partial charge in [0.15, 0.2) is 6.61 Å². The van der Waals surface area contributed by atoms with Crippen molar-refractivity contribution in [2.75, 3.05) is 23.9 Å². The first-order chi connectivity index (χ1) is 13.5. The largest absolute Gasteiger partial charge is 0.484 e. The SMILES string of the molecule is Cc1ccc(OCC(=O)Nc2cccc(C(=O)N(C)c3ccccc3)c2)cc1. The van der Waals surface area contributed by atoms with E-state index in [1.165, 1.54) is 0 Å². The molecule has 28 heavy (non-hydrogen) atoms. The molecule has 0 radical (unpaired) electrons. The van der Waals surface area contributed by atoms with Crippen LogP contribution in [0.15, 0.2) is 78.9 Å². The average Bonchev–Trinajstić information content (AvgIpc) is 2.73. The smallest absolute Gasteiger partial charge is 0.262 e. The van der Waals surface area contributed by atoms with Gasteiger partial charge in [-0.1, -0.05) is 42.0 Å². The van der Waals surface area contributed by atoms with Gasteiger partial charge in [0.2, 0.25) is 0 Å². The molecule has 0 heterocycles. The van der Waals surface area contributed by atoms with Gasteiger partial charge in [0, 0.05) is 24.0 Å². The van der Waals surface area contributed by atoms with Crippen LogP contribution >= 0.6 is 0 Å². The first kappa shape index (κ1) is 19.2. The summed E-state index contributed by atoms with van der Waals surface area (Å²) in [7, 11) is 1.72. The van der Waals surface area contributed by atoms with E-state index in [-0.39, 0.29) is 18.4 Å². The van der Waals surface area contributed by atoms with E-state index in [1.54, 1.807) is 36.2 Å². The Morgan fingerprint density at radius 1 is 0.929 bits per heavy atom. The predicted molar refractivity (Wildman–Crippen MR) is 111 cm³/mol. The van der Waals surface area contributed by atoms with Gasteiger partial charge in [-0.25, -0.2) is 0 Å². The zero-order valence-electron chi connectivity index (χ0n) is 15.9. The minimum Gasteiger partial charge on any atom is -0.484 e. The lowest BCUT2D eigenvalue weighted by molar-refractivity contribution is -0.118.